The van der Waals surface area contributed by atoms with E-state index in [4.69, 9.17) is 4.74 Å². The molecule has 27 heavy (non-hydrogen) atoms. The number of nitrogens with one attached hydrogen (secondary N) is 2. The molecule has 2 aromatic rings. The first kappa shape index (κ1) is 18.7. The SMILES string of the molecule is N#C/C(=C/NCC1CCCO1)C(=O)NC(c1ccccc1)c1ccccc1. The van der Waals surface area contributed by atoms with Gasteiger partial charge in [-0.05, 0) is 24.0 Å². The van der Waals surface area contributed by atoms with Crippen molar-refractivity contribution in [1.82, 2.24) is 10.6 Å². The zero-order valence-electron chi connectivity index (χ0n) is 15.1. The minimum absolute atomic E-state index is 0.0462. The summed E-state index contributed by atoms with van der Waals surface area (Å²) in [7, 11) is 0. The average Bonchev–Trinajstić information content (AvgIpc) is 3.24. The summed E-state index contributed by atoms with van der Waals surface area (Å²) in [6.07, 6.45) is 3.67. The molecular formula is C22H23N3O2. The van der Waals surface area contributed by atoms with Gasteiger partial charge in [-0.25, -0.2) is 0 Å². The summed E-state index contributed by atoms with van der Waals surface area (Å²) >= 11 is 0. The predicted molar refractivity (Wildman–Crippen MR) is 104 cm³/mol. The van der Waals surface area contributed by atoms with Crippen molar-refractivity contribution in [3.8, 4) is 6.07 Å². The molecule has 1 saturated heterocycles. The van der Waals surface area contributed by atoms with Crippen molar-refractivity contribution in [2.45, 2.75) is 25.0 Å². The number of benzene rings is 2. The van der Waals surface area contributed by atoms with Gasteiger partial charge < -0.3 is 15.4 Å². The molecule has 138 valence electrons. The molecule has 3 rings (SSSR count). The van der Waals surface area contributed by atoms with E-state index < -0.39 is 5.91 Å². The third kappa shape index (κ3) is 5.19. The van der Waals surface area contributed by atoms with E-state index in [1.54, 1.807) is 0 Å². The number of ether oxygens (including phenoxy) is 1. The normalized spacial score (nSPS) is 16.7. The molecule has 1 heterocycles. The number of amides is 1. The molecule has 1 unspecified atom stereocenters. The lowest BCUT2D eigenvalue weighted by Crippen LogP contribution is -2.31. The summed E-state index contributed by atoms with van der Waals surface area (Å²) in [4.78, 5) is 12.7. The van der Waals surface area contributed by atoms with Gasteiger partial charge in [0, 0.05) is 19.4 Å². The topological polar surface area (TPSA) is 74.1 Å². The Morgan fingerprint density at radius 1 is 1.15 bits per heavy atom. The van der Waals surface area contributed by atoms with Gasteiger partial charge in [-0.15, -0.1) is 0 Å². The third-order valence-electron chi connectivity index (χ3n) is 4.52. The van der Waals surface area contributed by atoms with Crippen LogP contribution >= 0.6 is 0 Å². The second-order valence-corrected chi connectivity index (χ2v) is 6.44. The molecule has 2 aromatic carbocycles. The fraction of sp³-hybridized carbons (Fsp3) is 0.273. The van der Waals surface area contributed by atoms with Gasteiger partial charge in [-0.2, -0.15) is 5.26 Å². The molecule has 0 saturated carbocycles. The van der Waals surface area contributed by atoms with Crippen molar-refractivity contribution >= 4 is 5.91 Å². The highest BCUT2D eigenvalue weighted by atomic mass is 16.5. The standard InChI is InChI=1S/C22H23N3O2/c23-14-19(15-24-16-20-12-7-13-27-20)22(26)25-21(17-8-3-1-4-9-17)18-10-5-2-6-11-18/h1-6,8-11,15,20-21,24H,7,12-13,16H2,(H,25,26)/b19-15-. The van der Waals surface area contributed by atoms with Gasteiger partial charge >= 0.3 is 0 Å². The van der Waals surface area contributed by atoms with E-state index >= 15 is 0 Å². The summed E-state index contributed by atoms with van der Waals surface area (Å²) in [6.45, 7) is 1.37. The molecular weight excluding hydrogens is 338 g/mol. The second-order valence-electron chi connectivity index (χ2n) is 6.44. The van der Waals surface area contributed by atoms with E-state index in [1.165, 1.54) is 6.20 Å². The van der Waals surface area contributed by atoms with Crippen molar-refractivity contribution in [2.24, 2.45) is 0 Å². The molecule has 1 aliphatic heterocycles. The molecule has 0 radical (unpaired) electrons. The van der Waals surface area contributed by atoms with E-state index in [0.717, 1.165) is 30.6 Å². The Hall–Kier alpha value is -3.10. The van der Waals surface area contributed by atoms with E-state index in [-0.39, 0.29) is 17.7 Å². The fourth-order valence-electron chi connectivity index (χ4n) is 3.11. The van der Waals surface area contributed by atoms with Gasteiger partial charge in [0.25, 0.3) is 5.91 Å². The zero-order valence-corrected chi connectivity index (χ0v) is 15.1. The molecule has 0 bridgehead atoms. The van der Waals surface area contributed by atoms with Crippen LogP contribution in [-0.2, 0) is 9.53 Å². The van der Waals surface area contributed by atoms with Crippen LogP contribution in [0.2, 0.25) is 0 Å². The summed E-state index contributed by atoms with van der Waals surface area (Å²) in [5, 5.41) is 15.4. The summed E-state index contributed by atoms with van der Waals surface area (Å²) < 4.78 is 5.53. The summed E-state index contributed by atoms with van der Waals surface area (Å²) in [6, 6.07) is 21.1. The summed E-state index contributed by atoms with van der Waals surface area (Å²) in [5.41, 5.74) is 1.97. The van der Waals surface area contributed by atoms with Gasteiger partial charge in [-0.1, -0.05) is 60.7 Å². The first-order valence-electron chi connectivity index (χ1n) is 9.14. The highest BCUT2D eigenvalue weighted by Gasteiger charge is 2.19. The monoisotopic (exact) mass is 361 g/mol. The largest absolute Gasteiger partial charge is 0.387 e. The highest BCUT2D eigenvalue weighted by molar-refractivity contribution is 5.97. The van der Waals surface area contributed by atoms with Crippen LogP contribution in [0.3, 0.4) is 0 Å². The van der Waals surface area contributed by atoms with Gasteiger partial charge in [0.05, 0.1) is 12.1 Å². The van der Waals surface area contributed by atoms with Crippen LogP contribution < -0.4 is 10.6 Å². The van der Waals surface area contributed by atoms with Crippen LogP contribution in [0.15, 0.2) is 72.4 Å². The van der Waals surface area contributed by atoms with E-state index in [9.17, 15) is 10.1 Å². The lowest BCUT2D eigenvalue weighted by atomic mass is 9.98. The maximum absolute atomic E-state index is 12.7. The van der Waals surface area contributed by atoms with Crippen LogP contribution in [0.4, 0.5) is 0 Å². The molecule has 2 N–H and O–H groups in total. The zero-order chi connectivity index (χ0) is 18.9. The first-order valence-corrected chi connectivity index (χ1v) is 9.14. The maximum Gasteiger partial charge on any atom is 0.264 e. The average molecular weight is 361 g/mol. The van der Waals surface area contributed by atoms with Crippen molar-refractivity contribution in [2.75, 3.05) is 13.2 Å². The lowest BCUT2D eigenvalue weighted by Gasteiger charge is -2.19. The number of rotatable bonds is 7. The van der Waals surface area contributed by atoms with Crippen LogP contribution in [0.25, 0.3) is 0 Å². The minimum atomic E-state index is -0.407. The van der Waals surface area contributed by atoms with Crippen molar-refractivity contribution in [3.63, 3.8) is 0 Å². The molecule has 0 aliphatic carbocycles. The minimum Gasteiger partial charge on any atom is -0.387 e. The van der Waals surface area contributed by atoms with Crippen LogP contribution in [0.5, 0.6) is 0 Å². The fourth-order valence-corrected chi connectivity index (χ4v) is 3.11. The highest BCUT2D eigenvalue weighted by Crippen LogP contribution is 2.22. The Balaban J connectivity index is 1.72. The number of carbonyl (C=O) groups excluding carboxylic acids is 1. The number of nitrogens with zero attached hydrogens (tertiary/aromatic N) is 1. The van der Waals surface area contributed by atoms with Gasteiger partial charge in [-0.3, -0.25) is 4.79 Å². The second kappa shape index (κ2) is 9.56. The van der Waals surface area contributed by atoms with E-state index in [1.807, 2.05) is 66.7 Å². The van der Waals surface area contributed by atoms with Gasteiger partial charge in [0.15, 0.2) is 0 Å². The molecule has 1 aliphatic rings. The molecule has 0 spiro atoms. The van der Waals surface area contributed by atoms with Crippen molar-refractivity contribution < 1.29 is 9.53 Å². The number of hydrogen-bond donors (Lipinski definition) is 2. The first-order chi connectivity index (χ1) is 13.3. The van der Waals surface area contributed by atoms with Crippen LogP contribution in [0.1, 0.15) is 30.0 Å². The molecule has 5 nitrogen and oxygen atoms in total. The smallest absolute Gasteiger partial charge is 0.264 e. The van der Waals surface area contributed by atoms with E-state index in [0.29, 0.717) is 6.54 Å². The van der Waals surface area contributed by atoms with Gasteiger partial charge in [0.2, 0.25) is 0 Å². The quantitative estimate of drug-likeness (QED) is 0.587. The Morgan fingerprint density at radius 2 is 1.78 bits per heavy atom. The number of nitriles is 1. The molecule has 1 amide bonds. The Bertz CT molecular complexity index is 767. The van der Waals surface area contributed by atoms with E-state index in [2.05, 4.69) is 10.6 Å². The van der Waals surface area contributed by atoms with Crippen LogP contribution in [-0.4, -0.2) is 25.2 Å². The molecule has 5 heteroatoms. The Kier molecular flexibility index (Phi) is 6.61. The van der Waals surface area contributed by atoms with Crippen LogP contribution in [0, 0.1) is 11.3 Å². The molecule has 0 aromatic heterocycles. The number of carbonyl (C=O) groups is 1. The molecule has 1 atom stereocenters. The number of hydrogen-bond acceptors (Lipinski definition) is 4. The maximum atomic E-state index is 12.7. The Morgan fingerprint density at radius 3 is 2.30 bits per heavy atom. The third-order valence-corrected chi connectivity index (χ3v) is 4.52. The predicted octanol–water partition coefficient (Wildman–Crippen LogP) is 3.07. The van der Waals surface area contributed by atoms with Gasteiger partial charge in [0.1, 0.15) is 11.6 Å². The van der Waals surface area contributed by atoms with Crippen molar-refractivity contribution in [3.05, 3.63) is 83.6 Å². The van der Waals surface area contributed by atoms with Crippen molar-refractivity contribution in [1.29, 1.82) is 5.26 Å². The molecule has 1 fully saturated rings. The Labute approximate surface area is 159 Å². The lowest BCUT2D eigenvalue weighted by molar-refractivity contribution is -0.117. The summed E-state index contributed by atoms with van der Waals surface area (Å²) in [5.74, 6) is -0.407.